The molecule has 0 radical (unpaired) electrons. The lowest BCUT2D eigenvalue weighted by Gasteiger charge is -2.36. The summed E-state index contributed by atoms with van der Waals surface area (Å²) in [6.45, 7) is 3.06. The molecule has 2 aliphatic heterocycles. The molecule has 0 aromatic heterocycles. The summed E-state index contributed by atoms with van der Waals surface area (Å²) in [6, 6.07) is 0. The molecule has 0 aromatic carbocycles. The molecule has 0 unspecified atom stereocenters. The summed E-state index contributed by atoms with van der Waals surface area (Å²) in [6.07, 6.45) is 4.46. The largest absolute Gasteiger partial charge is 0.394 e. The van der Waals surface area contributed by atoms with Gasteiger partial charge < -0.3 is 14.6 Å². The molecule has 2 fully saturated rings. The lowest BCUT2D eigenvalue weighted by Crippen LogP contribution is -2.40. The maximum Gasteiger partial charge on any atom is 0.0814 e. The molecule has 76 valence electrons. The average molecular weight is 186 g/mol. The second kappa shape index (κ2) is 3.56. The Hall–Kier alpha value is -0.120. The molecule has 2 rings (SSSR count). The Morgan fingerprint density at radius 2 is 2.31 bits per heavy atom. The SMILES string of the molecule is C[C@@H]1C[C@@]2(CCO1)CC[C@H](CO)O2. The first-order valence-corrected chi connectivity index (χ1v) is 5.14. The fourth-order valence-corrected chi connectivity index (χ4v) is 2.49. The quantitative estimate of drug-likeness (QED) is 0.666. The van der Waals surface area contributed by atoms with Crippen molar-refractivity contribution in [3.05, 3.63) is 0 Å². The molecule has 0 amide bonds. The van der Waals surface area contributed by atoms with Gasteiger partial charge in [0.1, 0.15) is 0 Å². The molecule has 2 aliphatic rings. The fourth-order valence-electron chi connectivity index (χ4n) is 2.49. The highest BCUT2D eigenvalue weighted by Gasteiger charge is 2.42. The summed E-state index contributed by atoms with van der Waals surface area (Å²) >= 11 is 0. The van der Waals surface area contributed by atoms with E-state index >= 15 is 0 Å². The molecule has 2 heterocycles. The predicted octanol–water partition coefficient (Wildman–Crippen LogP) is 1.10. The van der Waals surface area contributed by atoms with E-state index in [2.05, 4.69) is 6.92 Å². The molecular formula is C10H18O3. The van der Waals surface area contributed by atoms with Gasteiger partial charge in [-0.2, -0.15) is 0 Å². The smallest absolute Gasteiger partial charge is 0.0814 e. The van der Waals surface area contributed by atoms with Crippen LogP contribution in [0, 0.1) is 0 Å². The van der Waals surface area contributed by atoms with Crippen LogP contribution < -0.4 is 0 Å². The van der Waals surface area contributed by atoms with Gasteiger partial charge in [-0.05, 0) is 26.2 Å². The first-order chi connectivity index (χ1) is 6.24. The Morgan fingerprint density at radius 1 is 1.46 bits per heavy atom. The van der Waals surface area contributed by atoms with Gasteiger partial charge in [-0.1, -0.05) is 0 Å². The minimum atomic E-state index is 0.0328. The van der Waals surface area contributed by atoms with Crippen LogP contribution in [0.3, 0.4) is 0 Å². The van der Waals surface area contributed by atoms with Gasteiger partial charge in [0.05, 0.1) is 24.4 Å². The van der Waals surface area contributed by atoms with E-state index in [0.29, 0.717) is 6.10 Å². The lowest BCUT2D eigenvalue weighted by molar-refractivity contribution is -0.133. The molecule has 0 aliphatic carbocycles. The molecule has 1 spiro atoms. The second-order valence-corrected chi connectivity index (χ2v) is 4.28. The average Bonchev–Trinajstić information content (AvgIpc) is 2.48. The summed E-state index contributed by atoms with van der Waals surface area (Å²) in [5.74, 6) is 0. The zero-order chi connectivity index (χ0) is 9.31. The lowest BCUT2D eigenvalue weighted by atomic mass is 9.88. The van der Waals surface area contributed by atoms with Crippen LogP contribution in [-0.2, 0) is 9.47 Å². The van der Waals surface area contributed by atoms with Crippen molar-refractivity contribution in [2.75, 3.05) is 13.2 Å². The minimum Gasteiger partial charge on any atom is -0.394 e. The Labute approximate surface area is 79.0 Å². The van der Waals surface area contributed by atoms with Gasteiger partial charge in [-0.25, -0.2) is 0 Å². The van der Waals surface area contributed by atoms with E-state index in [1.807, 2.05) is 0 Å². The molecule has 2 saturated heterocycles. The Balaban J connectivity index is 1.97. The molecule has 0 aromatic rings. The highest BCUT2D eigenvalue weighted by atomic mass is 16.5. The van der Waals surface area contributed by atoms with Crippen LogP contribution in [-0.4, -0.2) is 36.1 Å². The van der Waals surface area contributed by atoms with Gasteiger partial charge in [0.2, 0.25) is 0 Å². The predicted molar refractivity (Wildman–Crippen MR) is 48.6 cm³/mol. The van der Waals surface area contributed by atoms with E-state index in [4.69, 9.17) is 14.6 Å². The van der Waals surface area contributed by atoms with E-state index in [0.717, 1.165) is 32.3 Å². The van der Waals surface area contributed by atoms with E-state index in [1.54, 1.807) is 0 Å². The maximum atomic E-state index is 8.99. The van der Waals surface area contributed by atoms with Crippen LogP contribution in [0.2, 0.25) is 0 Å². The van der Waals surface area contributed by atoms with Crippen LogP contribution in [0.4, 0.5) is 0 Å². The second-order valence-electron chi connectivity index (χ2n) is 4.28. The molecule has 13 heavy (non-hydrogen) atoms. The van der Waals surface area contributed by atoms with Gasteiger partial charge in [-0.15, -0.1) is 0 Å². The van der Waals surface area contributed by atoms with Crippen molar-refractivity contribution in [2.45, 2.75) is 50.4 Å². The van der Waals surface area contributed by atoms with Crippen LogP contribution in [0.15, 0.2) is 0 Å². The number of rotatable bonds is 1. The molecule has 0 bridgehead atoms. The zero-order valence-corrected chi connectivity index (χ0v) is 8.16. The van der Waals surface area contributed by atoms with E-state index in [9.17, 15) is 0 Å². The van der Waals surface area contributed by atoms with Gasteiger partial charge in [-0.3, -0.25) is 0 Å². The number of hydrogen-bond donors (Lipinski definition) is 1. The Kier molecular flexibility index (Phi) is 2.58. The third kappa shape index (κ3) is 1.87. The van der Waals surface area contributed by atoms with Crippen molar-refractivity contribution >= 4 is 0 Å². The van der Waals surface area contributed by atoms with E-state index in [-0.39, 0.29) is 18.3 Å². The highest BCUT2D eigenvalue weighted by Crippen LogP contribution is 2.39. The first kappa shape index (κ1) is 9.44. The minimum absolute atomic E-state index is 0.0328. The third-order valence-corrected chi connectivity index (χ3v) is 3.16. The molecule has 1 N–H and O–H groups in total. The van der Waals surface area contributed by atoms with Gasteiger partial charge in [0.15, 0.2) is 0 Å². The summed E-state index contributed by atoms with van der Waals surface area (Å²) in [7, 11) is 0. The monoisotopic (exact) mass is 186 g/mol. The third-order valence-electron chi connectivity index (χ3n) is 3.16. The van der Waals surface area contributed by atoms with Crippen LogP contribution >= 0.6 is 0 Å². The van der Waals surface area contributed by atoms with Crippen molar-refractivity contribution in [1.82, 2.24) is 0 Å². The van der Waals surface area contributed by atoms with Crippen molar-refractivity contribution in [1.29, 1.82) is 0 Å². The van der Waals surface area contributed by atoms with E-state index in [1.165, 1.54) is 0 Å². The summed E-state index contributed by atoms with van der Waals surface area (Å²) in [5, 5.41) is 8.99. The van der Waals surface area contributed by atoms with Crippen molar-refractivity contribution < 1.29 is 14.6 Å². The molecule has 0 saturated carbocycles. The van der Waals surface area contributed by atoms with Crippen molar-refractivity contribution in [3.63, 3.8) is 0 Å². The fraction of sp³-hybridized carbons (Fsp3) is 1.00. The Morgan fingerprint density at radius 3 is 2.92 bits per heavy atom. The van der Waals surface area contributed by atoms with Crippen molar-refractivity contribution in [2.24, 2.45) is 0 Å². The van der Waals surface area contributed by atoms with Gasteiger partial charge in [0, 0.05) is 13.0 Å². The number of hydrogen-bond acceptors (Lipinski definition) is 3. The van der Waals surface area contributed by atoms with E-state index < -0.39 is 0 Å². The topological polar surface area (TPSA) is 38.7 Å². The standard InChI is InChI=1S/C10H18O3/c1-8-6-10(4-5-12-8)3-2-9(7-11)13-10/h8-9,11H,2-7H2,1H3/t8-,9-,10+/m1/s1. The van der Waals surface area contributed by atoms with Crippen LogP contribution in [0.25, 0.3) is 0 Å². The molecule has 3 atom stereocenters. The van der Waals surface area contributed by atoms with Crippen LogP contribution in [0.1, 0.15) is 32.6 Å². The van der Waals surface area contributed by atoms with Crippen molar-refractivity contribution in [3.8, 4) is 0 Å². The summed E-state index contributed by atoms with van der Waals surface area (Å²) < 4.78 is 11.4. The van der Waals surface area contributed by atoms with Crippen LogP contribution in [0.5, 0.6) is 0 Å². The maximum absolute atomic E-state index is 8.99. The summed E-state index contributed by atoms with van der Waals surface area (Å²) in [5.41, 5.74) is 0.0328. The molecular weight excluding hydrogens is 168 g/mol. The first-order valence-electron chi connectivity index (χ1n) is 5.14. The number of aliphatic hydroxyl groups is 1. The molecule has 3 nitrogen and oxygen atoms in total. The number of ether oxygens (including phenoxy) is 2. The van der Waals surface area contributed by atoms with Gasteiger partial charge in [0.25, 0.3) is 0 Å². The van der Waals surface area contributed by atoms with Gasteiger partial charge >= 0.3 is 0 Å². The normalized spacial score (nSPS) is 45.7. The highest BCUT2D eigenvalue weighted by molar-refractivity contribution is 4.92. The zero-order valence-electron chi connectivity index (χ0n) is 8.16. The molecule has 3 heteroatoms. The Bertz CT molecular complexity index is 183. The number of aliphatic hydroxyl groups excluding tert-OH is 1. The summed E-state index contributed by atoms with van der Waals surface area (Å²) in [4.78, 5) is 0.